The van der Waals surface area contributed by atoms with E-state index in [9.17, 15) is 8.42 Å². The molecule has 122 valence electrons. The van der Waals surface area contributed by atoms with Gasteiger partial charge in [-0.15, -0.1) is 12.4 Å². The maximum Gasteiger partial charge on any atom is 0.242 e. The standard InChI is InChI=1S/C12H18Cl2N2O3S.ClH/c1-4-15-8(2)7-16-20(17,18)12-6-9(13)11(19-3)5-10(12)14;/h5-6,8,15-16H,4,7H2,1-3H3;1H/t8-;/m1./s1. The van der Waals surface area contributed by atoms with Crippen molar-refractivity contribution in [1.29, 1.82) is 0 Å². The Hall–Kier alpha value is -0.240. The third kappa shape index (κ3) is 5.81. The van der Waals surface area contributed by atoms with Gasteiger partial charge in [0.05, 0.1) is 17.2 Å². The molecule has 2 N–H and O–H groups in total. The molecular weight excluding hydrogens is 359 g/mol. The van der Waals surface area contributed by atoms with Crippen LogP contribution in [-0.2, 0) is 10.0 Å². The summed E-state index contributed by atoms with van der Waals surface area (Å²) in [6.07, 6.45) is 0. The van der Waals surface area contributed by atoms with E-state index in [1.165, 1.54) is 19.2 Å². The van der Waals surface area contributed by atoms with Crippen LogP contribution in [0.5, 0.6) is 5.75 Å². The minimum Gasteiger partial charge on any atom is -0.495 e. The topological polar surface area (TPSA) is 67.4 Å². The van der Waals surface area contributed by atoms with Gasteiger partial charge in [0.15, 0.2) is 0 Å². The normalized spacial score (nSPS) is 12.6. The molecule has 9 heteroatoms. The lowest BCUT2D eigenvalue weighted by Crippen LogP contribution is -2.38. The van der Waals surface area contributed by atoms with E-state index >= 15 is 0 Å². The summed E-state index contributed by atoms with van der Waals surface area (Å²) in [5, 5.41) is 3.36. The SMILES string of the molecule is CCN[C@H](C)CNS(=O)(=O)c1cc(Cl)c(OC)cc1Cl.Cl. The summed E-state index contributed by atoms with van der Waals surface area (Å²) in [5.41, 5.74) is 0. The van der Waals surface area contributed by atoms with Crippen LogP contribution in [-0.4, -0.2) is 34.7 Å². The summed E-state index contributed by atoms with van der Waals surface area (Å²) in [4.78, 5) is -0.0614. The molecule has 1 aromatic carbocycles. The zero-order valence-electron chi connectivity index (χ0n) is 11.9. The number of nitrogens with one attached hydrogen (secondary N) is 2. The maximum absolute atomic E-state index is 12.2. The van der Waals surface area contributed by atoms with E-state index in [0.29, 0.717) is 5.75 Å². The fourth-order valence-electron chi connectivity index (χ4n) is 1.61. The van der Waals surface area contributed by atoms with E-state index in [1.807, 2.05) is 13.8 Å². The fraction of sp³-hybridized carbons (Fsp3) is 0.500. The molecule has 0 aliphatic carbocycles. The van der Waals surface area contributed by atoms with Crippen molar-refractivity contribution in [1.82, 2.24) is 10.0 Å². The van der Waals surface area contributed by atoms with Crippen molar-refractivity contribution in [2.45, 2.75) is 24.8 Å². The molecule has 0 fully saturated rings. The van der Waals surface area contributed by atoms with Gasteiger partial charge in [0.2, 0.25) is 10.0 Å². The molecule has 21 heavy (non-hydrogen) atoms. The zero-order chi connectivity index (χ0) is 15.3. The monoisotopic (exact) mass is 376 g/mol. The van der Waals surface area contributed by atoms with Crippen LogP contribution in [0.2, 0.25) is 10.0 Å². The second-order valence-electron chi connectivity index (χ2n) is 4.23. The lowest BCUT2D eigenvalue weighted by molar-refractivity contribution is 0.414. The molecule has 1 aromatic rings. The molecule has 0 saturated carbocycles. The summed E-state index contributed by atoms with van der Waals surface area (Å²) in [6.45, 7) is 4.86. The smallest absolute Gasteiger partial charge is 0.242 e. The predicted molar refractivity (Wildman–Crippen MR) is 88.6 cm³/mol. The molecule has 0 heterocycles. The molecule has 5 nitrogen and oxygen atoms in total. The lowest BCUT2D eigenvalue weighted by atomic mass is 10.3. The summed E-state index contributed by atoms with van der Waals surface area (Å²) in [5.74, 6) is 0.330. The molecule has 0 aliphatic heterocycles. The first-order valence-corrected chi connectivity index (χ1v) is 8.31. The minimum atomic E-state index is -3.71. The number of halogens is 3. The van der Waals surface area contributed by atoms with Gasteiger partial charge in [0.1, 0.15) is 10.6 Å². The summed E-state index contributed by atoms with van der Waals surface area (Å²) in [6, 6.07) is 2.68. The molecular formula is C12H19Cl3N2O3S. The van der Waals surface area contributed by atoms with E-state index < -0.39 is 10.0 Å². The Morgan fingerprint density at radius 2 is 1.90 bits per heavy atom. The molecule has 0 amide bonds. The number of hydrogen-bond donors (Lipinski definition) is 2. The number of sulfonamides is 1. The second kappa shape index (κ2) is 9.02. The average molecular weight is 378 g/mol. The fourth-order valence-corrected chi connectivity index (χ4v) is 3.58. The number of ether oxygens (including phenoxy) is 1. The molecule has 1 atom stereocenters. The molecule has 0 saturated heterocycles. The van der Waals surface area contributed by atoms with Crippen molar-refractivity contribution in [3.05, 3.63) is 22.2 Å². The average Bonchev–Trinajstić information content (AvgIpc) is 2.39. The first kappa shape index (κ1) is 20.8. The Morgan fingerprint density at radius 3 is 2.43 bits per heavy atom. The highest BCUT2D eigenvalue weighted by atomic mass is 35.5. The Labute approximate surface area is 141 Å². The van der Waals surface area contributed by atoms with Crippen LogP contribution in [0.4, 0.5) is 0 Å². The van der Waals surface area contributed by atoms with Crippen LogP contribution in [0, 0.1) is 0 Å². The maximum atomic E-state index is 12.2. The van der Waals surface area contributed by atoms with Crippen molar-refractivity contribution in [2.24, 2.45) is 0 Å². The van der Waals surface area contributed by atoms with E-state index in [0.717, 1.165) is 6.54 Å². The van der Waals surface area contributed by atoms with E-state index in [2.05, 4.69) is 10.0 Å². The van der Waals surface area contributed by atoms with Gasteiger partial charge in [0.25, 0.3) is 0 Å². The van der Waals surface area contributed by atoms with E-state index in [1.54, 1.807) is 0 Å². The van der Waals surface area contributed by atoms with E-state index in [4.69, 9.17) is 27.9 Å². The van der Waals surface area contributed by atoms with Gasteiger partial charge in [-0.3, -0.25) is 0 Å². The van der Waals surface area contributed by atoms with Crippen molar-refractivity contribution in [2.75, 3.05) is 20.2 Å². The van der Waals surface area contributed by atoms with Crippen molar-refractivity contribution < 1.29 is 13.2 Å². The van der Waals surface area contributed by atoms with Gasteiger partial charge in [-0.1, -0.05) is 30.1 Å². The highest BCUT2D eigenvalue weighted by molar-refractivity contribution is 7.89. The Kier molecular flexibility index (Phi) is 8.92. The molecule has 0 aliphatic rings. The number of benzene rings is 1. The second-order valence-corrected chi connectivity index (χ2v) is 6.78. The van der Waals surface area contributed by atoms with Crippen LogP contribution in [0.15, 0.2) is 17.0 Å². The van der Waals surface area contributed by atoms with Crippen LogP contribution < -0.4 is 14.8 Å². The van der Waals surface area contributed by atoms with Gasteiger partial charge < -0.3 is 10.1 Å². The summed E-state index contributed by atoms with van der Waals surface area (Å²) in [7, 11) is -2.28. The van der Waals surface area contributed by atoms with Crippen LogP contribution >= 0.6 is 35.6 Å². The molecule has 0 unspecified atom stereocenters. The molecule has 1 rings (SSSR count). The highest BCUT2D eigenvalue weighted by Gasteiger charge is 2.20. The molecule has 0 bridgehead atoms. The number of rotatable bonds is 7. The van der Waals surface area contributed by atoms with Crippen molar-refractivity contribution in [3.8, 4) is 5.75 Å². The summed E-state index contributed by atoms with van der Waals surface area (Å²) < 4.78 is 31.9. The third-order valence-corrected chi connectivity index (χ3v) is 4.81. The Bertz CT molecular complexity index is 567. The quantitative estimate of drug-likeness (QED) is 0.766. The highest BCUT2D eigenvalue weighted by Crippen LogP contribution is 2.33. The van der Waals surface area contributed by atoms with Crippen molar-refractivity contribution >= 4 is 45.6 Å². The largest absolute Gasteiger partial charge is 0.495 e. The first-order valence-electron chi connectivity index (χ1n) is 6.08. The van der Waals surface area contributed by atoms with Crippen LogP contribution in [0.1, 0.15) is 13.8 Å². The zero-order valence-corrected chi connectivity index (χ0v) is 15.1. The number of likely N-dealkylation sites (N-methyl/N-ethyl adjacent to an activating group) is 1. The van der Waals surface area contributed by atoms with Gasteiger partial charge in [-0.05, 0) is 19.5 Å². The minimum absolute atomic E-state index is 0. The molecule has 0 radical (unpaired) electrons. The first-order chi connectivity index (χ1) is 9.31. The lowest BCUT2D eigenvalue weighted by Gasteiger charge is -2.15. The van der Waals surface area contributed by atoms with Gasteiger partial charge in [-0.25, -0.2) is 13.1 Å². The van der Waals surface area contributed by atoms with Crippen LogP contribution in [0.25, 0.3) is 0 Å². The van der Waals surface area contributed by atoms with Gasteiger partial charge >= 0.3 is 0 Å². The third-order valence-electron chi connectivity index (χ3n) is 2.63. The molecule has 0 spiro atoms. The number of hydrogen-bond acceptors (Lipinski definition) is 4. The predicted octanol–water partition coefficient (Wildman–Crippen LogP) is 2.70. The van der Waals surface area contributed by atoms with Crippen molar-refractivity contribution in [3.63, 3.8) is 0 Å². The Morgan fingerprint density at radius 1 is 1.29 bits per heavy atom. The van der Waals surface area contributed by atoms with Gasteiger partial charge in [0, 0.05) is 18.7 Å². The van der Waals surface area contributed by atoms with Gasteiger partial charge in [-0.2, -0.15) is 0 Å². The number of methoxy groups -OCH3 is 1. The Balaban J connectivity index is 0.00000400. The molecule has 0 aromatic heterocycles. The van der Waals surface area contributed by atoms with E-state index in [-0.39, 0.29) is 39.9 Å². The van der Waals surface area contributed by atoms with Crippen LogP contribution in [0.3, 0.4) is 0 Å². The summed E-state index contributed by atoms with van der Waals surface area (Å²) >= 11 is 11.9.